The van der Waals surface area contributed by atoms with E-state index in [0.29, 0.717) is 24.3 Å². The number of nitrogens with zero attached hydrogens (tertiary/aromatic N) is 2. The zero-order chi connectivity index (χ0) is 14.3. The molecule has 2 amide bonds. The summed E-state index contributed by atoms with van der Waals surface area (Å²) >= 11 is 0. The fourth-order valence-corrected chi connectivity index (χ4v) is 3.55. The quantitative estimate of drug-likeness (QED) is 0.832. The van der Waals surface area contributed by atoms with Crippen molar-refractivity contribution in [2.24, 2.45) is 5.92 Å². The molecule has 3 rings (SSSR count). The second-order valence-corrected chi connectivity index (χ2v) is 5.93. The molecule has 1 N–H and O–H groups in total. The highest BCUT2D eigenvalue weighted by molar-refractivity contribution is 6.20. The van der Waals surface area contributed by atoms with Crippen LogP contribution >= 0.6 is 0 Å². The van der Waals surface area contributed by atoms with Crippen LogP contribution in [0.4, 0.5) is 0 Å². The zero-order valence-corrected chi connectivity index (χ0v) is 11.5. The summed E-state index contributed by atoms with van der Waals surface area (Å²) in [5.74, 6) is -0.289. The molecule has 0 radical (unpaired) electrons. The normalized spacial score (nSPS) is 29.7. The Kier molecular flexibility index (Phi) is 3.09. The molecule has 2 atom stereocenters. The number of rotatable bonds is 2. The minimum absolute atomic E-state index is 0.178. The molecular weight excluding hydrogens is 256 g/mol. The molecule has 0 bridgehead atoms. The summed E-state index contributed by atoms with van der Waals surface area (Å²) in [4.78, 5) is 30.3. The fraction of sp³-hybridized carbons (Fsp3) is 0.533. The number of imide groups is 1. The van der Waals surface area contributed by atoms with Crippen molar-refractivity contribution in [1.29, 1.82) is 0 Å². The summed E-state index contributed by atoms with van der Waals surface area (Å²) in [5, 5.41) is 9.87. The van der Waals surface area contributed by atoms with Crippen LogP contribution in [0.5, 0.6) is 0 Å². The van der Waals surface area contributed by atoms with Crippen LogP contribution in [0.25, 0.3) is 0 Å². The van der Waals surface area contributed by atoms with Crippen LogP contribution in [0.3, 0.4) is 0 Å². The number of aliphatic hydroxyl groups excluding tert-OH is 1. The molecule has 20 heavy (non-hydrogen) atoms. The molecule has 0 aromatic carbocycles. The van der Waals surface area contributed by atoms with Crippen molar-refractivity contribution in [1.82, 2.24) is 9.88 Å². The van der Waals surface area contributed by atoms with E-state index in [9.17, 15) is 14.7 Å². The maximum atomic E-state index is 12.5. The van der Waals surface area contributed by atoms with Gasteiger partial charge in [0, 0.05) is 6.20 Å². The van der Waals surface area contributed by atoms with Crippen molar-refractivity contribution in [3.8, 4) is 0 Å². The molecule has 2 unspecified atom stereocenters. The average Bonchev–Trinajstić information content (AvgIpc) is 2.72. The molecule has 0 saturated heterocycles. The van der Waals surface area contributed by atoms with Crippen molar-refractivity contribution in [3.63, 3.8) is 0 Å². The highest BCUT2D eigenvalue weighted by atomic mass is 16.3. The zero-order valence-electron chi connectivity index (χ0n) is 11.5. The van der Waals surface area contributed by atoms with E-state index in [-0.39, 0.29) is 24.1 Å². The minimum atomic E-state index is -0.757. The molecule has 1 aliphatic heterocycles. The molecule has 0 spiro atoms. The van der Waals surface area contributed by atoms with E-state index in [4.69, 9.17) is 0 Å². The largest absolute Gasteiger partial charge is 0.394 e. The van der Waals surface area contributed by atoms with Gasteiger partial charge in [-0.1, -0.05) is 19.8 Å². The topological polar surface area (TPSA) is 70.5 Å². The second kappa shape index (κ2) is 4.66. The van der Waals surface area contributed by atoms with Gasteiger partial charge >= 0.3 is 0 Å². The van der Waals surface area contributed by atoms with E-state index in [1.807, 2.05) is 0 Å². The summed E-state index contributed by atoms with van der Waals surface area (Å²) in [6.07, 6.45) is 4.84. The summed E-state index contributed by atoms with van der Waals surface area (Å²) in [6.45, 7) is 1.92. The van der Waals surface area contributed by atoms with Crippen LogP contribution in [0, 0.1) is 5.92 Å². The molecule has 5 heteroatoms. The maximum absolute atomic E-state index is 12.5. The number of hydrogen-bond donors (Lipinski definition) is 1. The molecule has 1 aliphatic carbocycles. The second-order valence-electron chi connectivity index (χ2n) is 5.93. The third kappa shape index (κ3) is 1.77. The third-order valence-corrected chi connectivity index (χ3v) is 4.48. The van der Waals surface area contributed by atoms with E-state index in [1.165, 1.54) is 11.1 Å². The van der Waals surface area contributed by atoms with Gasteiger partial charge in [0.05, 0.1) is 17.7 Å². The summed E-state index contributed by atoms with van der Waals surface area (Å²) in [7, 11) is 0. The molecular formula is C15H18N2O3. The van der Waals surface area contributed by atoms with E-state index in [0.717, 1.165) is 12.8 Å². The standard InChI is InChI=1S/C15H18N2O3/c1-10-4-2-6-15(8-10,9-18)17-13(19)11-5-3-7-16-12(11)14(17)20/h3,5,7,10,18H,2,4,6,8-9H2,1H3. The van der Waals surface area contributed by atoms with Crippen LogP contribution in [-0.4, -0.2) is 39.0 Å². The van der Waals surface area contributed by atoms with Crippen molar-refractivity contribution >= 4 is 11.8 Å². The first kappa shape index (κ1) is 13.2. The van der Waals surface area contributed by atoms with Crippen molar-refractivity contribution < 1.29 is 14.7 Å². The van der Waals surface area contributed by atoms with Crippen molar-refractivity contribution in [2.45, 2.75) is 38.1 Å². The Balaban J connectivity index is 2.02. The molecule has 106 valence electrons. The molecule has 1 aromatic heterocycles. The van der Waals surface area contributed by atoms with Gasteiger partial charge in [-0.25, -0.2) is 0 Å². The lowest BCUT2D eigenvalue weighted by molar-refractivity contribution is 0.00324. The lowest BCUT2D eigenvalue weighted by atomic mass is 9.75. The first-order chi connectivity index (χ1) is 9.59. The Morgan fingerprint density at radius 3 is 2.90 bits per heavy atom. The van der Waals surface area contributed by atoms with Crippen LogP contribution in [0.15, 0.2) is 18.3 Å². The van der Waals surface area contributed by atoms with Gasteiger partial charge in [0.1, 0.15) is 5.69 Å². The van der Waals surface area contributed by atoms with Gasteiger partial charge < -0.3 is 5.11 Å². The number of amides is 2. The predicted octanol–water partition coefficient (Wildman–Crippen LogP) is 1.62. The summed E-state index contributed by atoms with van der Waals surface area (Å²) in [6, 6.07) is 3.28. The maximum Gasteiger partial charge on any atom is 0.280 e. The fourth-order valence-electron chi connectivity index (χ4n) is 3.55. The number of carbonyl (C=O) groups is 2. The Bertz CT molecular complexity index is 537. The van der Waals surface area contributed by atoms with E-state index >= 15 is 0 Å². The number of carbonyl (C=O) groups excluding carboxylic acids is 2. The first-order valence-electron chi connectivity index (χ1n) is 7.04. The Hall–Kier alpha value is -1.75. The molecule has 1 fully saturated rings. The number of aliphatic hydroxyl groups is 1. The van der Waals surface area contributed by atoms with Crippen LogP contribution in [0.2, 0.25) is 0 Å². The van der Waals surface area contributed by atoms with Crippen molar-refractivity contribution in [3.05, 3.63) is 29.6 Å². The van der Waals surface area contributed by atoms with E-state index in [2.05, 4.69) is 11.9 Å². The first-order valence-corrected chi connectivity index (χ1v) is 7.04. The lowest BCUT2D eigenvalue weighted by Gasteiger charge is -2.44. The number of hydrogen-bond acceptors (Lipinski definition) is 4. The highest BCUT2D eigenvalue weighted by Crippen LogP contribution is 2.40. The van der Waals surface area contributed by atoms with Gasteiger partial charge in [0.2, 0.25) is 0 Å². The van der Waals surface area contributed by atoms with Crippen LogP contribution in [-0.2, 0) is 0 Å². The number of pyridine rings is 1. The molecule has 5 nitrogen and oxygen atoms in total. The lowest BCUT2D eigenvalue weighted by Crippen LogP contribution is -2.56. The van der Waals surface area contributed by atoms with Gasteiger partial charge in [-0.05, 0) is 30.9 Å². The highest BCUT2D eigenvalue weighted by Gasteiger charge is 2.50. The monoisotopic (exact) mass is 274 g/mol. The van der Waals surface area contributed by atoms with Crippen LogP contribution in [0.1, 0.15) is 53.5 Å². The van der Waals surface area contributed by atoms with E-state index in [1.54, 1.807) is 12.1 Å². The van der Waals surface area contributed by atoms with Crippen molar-refractivity contribution in [2.75, 3.05) is 6.61 Å². The predicted molar refractivity (Wildman–Crippen MR) is 72.2 cm³/mol. The van der Waals surface area contributed by atoms with Gasteiger partial charge in [-0.3, -0.25) is 19.5 Å². The molecule has 2 heterocycles. The van der Waals surface area contributed by atoms with Gasteiger partial charge in [-0.2, -0.15) is 0 Å². The SMILES string of the molecule is CC1CCCC(CO)(N2C(=O)c3cccnc3C2=O)C1. The third-order valence-electron chi connectivity index (χ3n) is 4.48. The van der Waals surface area contributed by atoms with Crippen LogP contribution < -0.4 is 0 Å². The number of fused-ring (bicyclic) bond motifs is 1. The van der Waals surface area contributed by atoms with Gasteiger partial charge in [-0.15, -0.1) is 0 Å². The minimum Gasteiger partial charge on any atom is -0.394 e. The number of aromatic nitrogens is 1. The molecule has 1 saturated carbocycles. The Morgan fingerprint density at radius 2 is 2.25 bits per heavy atom. The van der Waals surface area contributed by atoms with E-state index < -0.39 is 5.54 Å². The van der Waals surface area contributed by atoms with Gasteiger partial charge in [0.15, 0.2) is 0 Å². The van der Waals surface area contributed by atoms with Gasteiger partial charge in [0.25, 0.3) is 11.8 Å². The summed E-state index contributed by atoms with van der Waals surface area (Å²) in [5.41, 5.74) is -0.195. The smallest absolute Gasteiger partial charge is 0.280 e. The summed E-state index contributed by atoms with van der Waals surface area (Å²) < 4.78 is 0. The molecule has 2 aliphatic rings. The Labute approximate surface area is 117 Å². The molecule has 1 aromatic rings. The Morgan fingerprint density at radius 1 is 1.45 bits per heavy atom. The average molecular weight is 274 g/mol.